The van der Waals surface area contributed by atoms with Crippen molar-refractivity contribution < 1.29 is 22.0 Å². The van der Waals surface area contributed by atoms with Gasteiger partial charge in [0.15, 0.2) is 0 Å². The minimum atomic E-state index is -4.77. The molecular weight excluding hydrogens is 302 g/mol. The topological polar surface area (TPSA) is 51.0 Å². The zero-order valence-corrected chi connectivity index (χ0v) is 11.0. The number of halogens is 4. The fraction of sp³-hybridized carbons (Fsp3) is 0.143. The Labute approximate surface area is 121 Å². The number of anilines is 1. The standard InChI is InChI=1S/C14H9F4N3O/c15-10-5-1-4-9-11(10)20-13(14(16,17)18)21-12(9)19-7-8-3-2-6-22-8/h1-6H,7H2,(H,19,20,21). The van der Waals surface area contributed by atoms with Crippen LogP contribution in [0.4, 0.5) is 23.4 Å². The van der Waals surface area contributed by atoms with Gasteiger partial charge in [0.05, 0.1) is 12.8 Å². The minimum Gasteiger partial charge on any atom is -0.467 e. The molecule has 3 aromatic rings. The Morgan fingerprint density at radius 1 is 1.09 bits per heavy atom. The number of aromatic nitrogens is 2. The highest BCUT2D eigenvalue weighted by molar-refractivity contribution is 5.89. The van der Waals surface area contributed by atoms with E-state index in [4.69, 9.17) is 4.42 Å². The Bertz CT molecular complexity index is 800. The second-order valence-electron chi connectivity index (χ2n) is 4.46. The molecule has 114 valence electrons. The minimum absolute atomic E-state index is 0.103. The van der Waals surface area contributed by atoms with E-state index in [0.717, 1.165) is 6.07 Å². The van der Waals surface area contributed by atoms with Crippen LogP contribution in [-0.2, 0) is 12.7 Å². The summed E-state index contributed by atoms with van der Waals surface area (Å²) in [5.74, 6) is -1.83. The molecule has 2 aromatic heterocycles. The second kappa shape index (κ2) is 5.28. The van der Waals surface area contributed by atoms with Gasteiger partial charge in [-0.25, -0.2) is 14.4 Å². The molecule has 0 saturated heterocycles. The Morgan fingerprint density at radius 3 is 2.59 bits per heavy atom. The molecular formula is C14H9F4N3O. The normalized spacial score (nSPS) is 11.8. The summed E-state index contributed by atoms with van der Waals surface area (Å²) < 4.78 is 57.4. The van der Waals surface area contributed by atoms with Crippen molar-refractivity contribution in [1.82, 2.24) is 9.97 Å². The Morgan fingerprint density at radius 2 is 1.91 bits per heavy atom. The SMILES string of the molecule is Fc1cccc2c(NCc3ccco3)nc(C(F)(F)F)nc12. The van der Waals surface area contributed by atoms with Crippen LogP contribution in [0, 0.1) is 5.82 Å². The molecule has 0 saturated carbocycles. The molecule has 0 aliphatic carbocycles. The first-order valence-electron chi connectivity index (χ1n) is 6.25. The van der Waals surface area contributed by atoms with E-state index >= 15 is 0 Å². The van der Waals surface area contributed by atoms with E-state index < -0.39 is 17.8 Å². The maximum atomic E-state index is 13.7. The maximum absolute atomic E-state index is 13.7. The third-order valence-corrected chi connectivity index (χ3v) is 2.94. The number of benzene rings is 1. The van der Waals surface area contributed by atoms with Crippen molar-refractivity contribution >= 4 is 16.7 Å². The number of alkyl halides is 3. The molecule has 0 unspecified atom stereocenters. The van der Waals surface area contributed by atoms with E-state index in [0.29, 0.717) is 5.76 Å². The lowest BCUT2D eigenvalue weighted by Crippen LogP contribution is -2.14. The first kappa shape index (κ1) is 14.3. The molecule has 1 aromatic carbocycles. The highest BCUT2D eigenvalue weighted by atomic mass is 19.4. The van der Waals surface area contributed by atoms with E-state index in [1.54, 1.807) is 12.1 Å². The first-order chi connectivity index (χ1) is 10.4. The molecule has 0 fully saturated rings. The second-order valence-corrected chi connectivity index (χ2v) is 4.46. The van der Waals surface area contributed by atoms with Crippen LogP contribution >= 0.6 is 0 Å². The Balaban J connectivity index is 2.08. The van der Waals surface area contributed by atoms with E-state index in [9.17, 15) is 17.6 Å². The van der Waals surface area contributed by atoms with Crippen LogP contribution in [0.3, 0.4) is 0 Å². The highest BCUT2D eigenvalue weighted by Gasteiger charge is 2.35. The molecule has 0 aliphatic rings. The lowest BCUT2D eigenvalue weighted by atomic mass is 10.2. The Hall–Kier alpha value is -2.64. The quantitative estimate of drug-likeness (QED) is 0.743. The number of nitrogens with zero attached hydrogens (tertiary/aromatic N) is 2. The monoisotopic (exact) mass is 311 g/mol. The number of hydrogen-bond acceptors (Lipinski definition) is 4. The summed E-state index contributed by atoms with van der Waals surface area (Å²) in [5, 5.41) is 2.88. The van der Waals surface area contributed by atoms with Gasteiger partial charge in [-0.3, -0.25) is 0 Å². The molecule has 0 bridgehead atoms. The largest absolute Gasteiger partial charge is 0.467 e. The van der Waals surface area contributed by atoms with Crippen LogP contribution in [-0.4, -0.2) is 9.97 Å². The fourth-order valence-electron chi connectivity index (χ4n) is 1.96. The molecule has 1 N–H and O–H groups in total. The van der Waals surface area contributed by atoms with Crippen molar-refractivity contribution in [3.63, 3.8) is 0 Å². The van der Waals surface area contributed by atoms with Crippen molar-refractivity contribution in [3.8, 4) is 0 Å². The lowest BCUT2D eigenvalue weighted by Gasteiger charge is -2.12. The number of nitrogens with one attached hydrogen (secondary N) is 1. The van der Waals surface area contributed by atoms with Gasteiger partial charge in [0, 0.05) is 5.39 Å². The number of rotatable bonds is 3. The molecule has 0 amide bonds. The zero-order valence-electron chi connectivity index (χ0n) is 11.0. The van der Waals surface area contributed by atoms with Crippen molar-refractivity contribution in [3.05, 3.63) is 54.0 Å². The predicted molar refractivity (Wildman–Crippen MR) is 70.5 cm³/mol. The molecule has 0 spiro atoms. The van der Waals surface area contributed by atoms with Gasteiger partial charge in [0.2, 0.25) is 5.82 Å². The van der Waals surface area contributed by atoms with Crippen LogP contribution in [0.5, 0.6) is 0 Å². The summed E-state index contributed by atoms with van der Waals surface area (Å²) in [7, 11) is 0. The van der Waals surface area contributed by atoms with Gasteiger partial charge >= 0.3 is 6.18 Å². The molecule has 22 heavy (non-hydrogen) atoms. The van der Waals surface area contributed by atoms with Gasteiger partial charge in [0.25, 0.3) is 0 Å². The number of fused-ring (bicyclic) bond motifs is 1. The molecule has 4 nitrogen and oxygen atoms in total. The summed E-state index contributed by atoms with van der Waals surface area (Å²) in [6.07, 6.45) is -3.33. The molecule has 2 heterocycles. The highest BCUT2D eigenvalue weighted by Crippen LogP contribution is 2.31. The van der Waals surface area contributed by atoms with Crippen LogP contribution in [0.1, 0.15) is 11.6 Å². The van der Waals surface area contributed by atoms with E-state index in [1.807, 2.05) is 0 Å². The van der Waals surface area contributed by atoms with E-state index in [2.05, 4.69) is 15.3 Å². The van der Waals surface area contributed by atoms with Crippen molar-refractivity contribution in [2.45, 2.75) is 12.7 Å². The summed E-state index contributed by atoms with van der Waals surface area (Å²) in [5.41, 5.74) is -0.383. The van der Waals surface area contributed by atoms with Crippen LogP contribution < -0.4 is 5.32 Å². The number of furan rings is 1. The van der Waals surface area contributed by atoms with Gasteiger partial charge in [-0.15, -0.1) is 0 Å². The van der Waals surface area contributed by atoms with E-state index in [1.165, 1.54) is 18.4 Å². The third kappa shape index (κ3) is 2.72. The maximum Gasteiger partial charge on any atom is 0.451 e. The summed E-state index contributed by atoms with van der Waals surface area (Å²) in [6, 6.07) is 7.18. The Kier molecular flexibility index (Phi) is 3.44. The third-order valence-electron chi connectivity index (χ3n) is 2.94. The molecule has 3 rings (SSSR count). The first-order valence-corrected chi connectivity index (χ1v) is 6.25. The van der Waals surface area contributed by atoms with Crippen molar-refractivity contribution in [1.29, 1.82) is 0 Å². The van der Waals surface area contributed by atoms with E-state index in [-0.39, 0.29) is 23.3 Å². The van der Waals surface area contributed by atoms with Crippen LogP contribution in [0.2, 0.25) is 0 Å². The van der Waals surface area contributed by atoms with Gasteiger partial charge in [-0.05, 0) is 24.3 Å². The summed E-state index contributed by atoms with van der Waals surface area (Å²) in [6.45, 7) is 0.118. The lowest BCUT2D eigenvalue weighted by molar-refractivity contribution is -0.144. The number of para-hydroxylation sites is 1. The summed E-state index contributed by atoms with van der Waals surface area (Å²) >= 11 is 0. The average molecular weight is 311 g/mol. The van der Waals surface area contributed by atoms with Gasteiger partial charge in [-0.2, -0.15) is 13.2 Å². The summed E-state index contributed by atoms with van der Waals surface area (Å²) in [4.78, 5) is 6.73. The molecule has 0 aliphatic heterocycles. The van der Waals surface area contributed by atoms with Gasteiger partial charge < -0.3 is 9.73 Å². The van der Waals surface area contributed by atoms with Gasteiger partial charge in [0.1, 0.15) is 22.9 Å². The smallest absolute Gasteiger partial charge is 0.451 e. The molecule has 0 atom stereocenters. The van der Waals surface area contributed by atoms with Crippen molar-refractivity contribution in [2.75, 3.05) is 5.32 Å². The fourth-order valence-corrected chi connectivity index (χ4v) is 1.96. The van der Waals surface area contributed by atoms with Crippen molar-refractivity contribution in [2.24, 2.45) is 0 Å². The molecule has 0 radical (unpaired) electrons. The van der Waals surface area contributed by atoms with Crippen LogP contribution in [0.25, 0.3) is 10.9 Å². The zero-order chi connectivity index (χ0) is 15.7. The number of hydrogen-bond donors (Lipinski definition) is 1. The van der Waals surface area contributed by atoms with Crippen LogP contribution in [0.15, 0.2) is 41.0 Å². The average Bonchev–Trinajstić information content (AvgIpc) is 2.97. The molecule has 8 heteroatoms. The van der Waals surface area contributed by atoms with Gasteiger partial charge in [-0.1, -0.05) is 6.07 Å². The predicted octanol–water partition coefficient (Wildman–Crippen LogP) is 3.99.